The third-order valence-electron chi connectivity index (χ3n) is 5.13. The monoisotopic (exact) mass is 536 g/mol. The molecule has 1 N–H and O–H groups in total. The zero-order chi connectivity index (χ0) is 24.6. The molecular weight excluding hydrogens is 511 g/mol. The van der Waals surface area contributed by atoms with Crippen molar-refractivity contribution < 1.29 is 13.2 Å². The smallest absolute Gasteiger partial charge is 0.264 e. The summed E-state index contributed by atoms with van der Waals surface area (Å²) >= 11 is 14.0. The first kappa shape index (κ1) is 26.4. The number of nitrogens with zero attached hydrogens (tertiary/aromatic N) is 1. The summed E-state index contributed by atoms with van der Waals surface area (Å²) in [6.45, 7) is 2.10. The lowest BCUT2D eigenvalue weighted by Crippen LogP contribution is -2.41. The first-order chi connectivity index (χ1) is 16.3. The second-order valence-corrected chi connectivity index (χ2v) is 11.2. The SMILES string of the molecule is CCc1ccc(N(CC(=O)NCCSCc2c(Cl)cccc2Cl)S(=O)(=O)c2ccccc2)cc1. The van der Waals surface area contributed by atoms with Crippen molar-refractivity contribution in [3.05, 3.63) is 94.0 Å². The number of rotatable bonds is 11. The highest BCUT2D eigenvalue weighted by Crippen LogP contribution is 2.28. The van der Waals surface area contributed by atoms with Gasteiger partial charge >= 0.3 is 0 Å². The Bertz CT molecular complexity index is 1180. The molecule has 0 saturated carbocycles. The Hall–Kier alpha value is -2.19. The Morgan fingerprint density at radius 3 is 2.21 bits per heavy atom. The molecule has 0 saturated heterocycles. The molecule has 3 aromatic rings. The number of thioether (sulfide) groups is 1. The van der Waals surface area contributed by atoms with Crippen molar-refractivity contribution in [2.24, 2.45) is 0 Å². The first-order valence-electron chi connectivity index (χ1n) is 10.8. The molecule has 3 rings (SSSR count). The summed E-state index contributed by atoms with van der Waals surface area (Å²) in [5, 5.41) is 4.03. The van der Waals surface area contributed by atoms with Crippen LogP contribution in [0.4, 0.5) is 5.69 Å². The Balaban J connectivity index is 1.64. The summed E-state index contributed by atoms with van der Waals surface area (Å²) in [5.74, 6) is 0.867. The molecule has 0 aliphatic carbocycles. The standard InChI is InChI=1S/C25H26Cl2N2O3S2/c1-2-19-11-13-20(14-12-19)29(34(31,32)21-7-4-3-5-8-21)17-25(30)28-15-16-33-18-22-23(26)9-6-10-24(22)27/h3-14H,2,15-18H2,1H3,(H,28,30). The topological polar surface area (TPSA) is 66.5 Å². The van der Waals surface area contributed by atoms with E-state index in [1.165, 1.54) is 12.1 Å². The number of sulfonamides is 1. The van der Waals surface area contributed by atoms with Gasteiger partial charge in [0.25, 0.3) is 10.0 Å². The van der Waals surface area contributed by atoms with Crippen LogP contribution in [0.15, 0.2) is 77.7 Å². The van der Waals surface area contributed by atoms with Crippen LogP contribution >= 0.6 is 35.0 Å². The molecule has 0 fully saturated rings. The molecule has 0 heterocycles. The largest absolute Gasteiger partial charge is 0.354 e. The minimum absolute atomic E-state index is 0.134. The van der Waals surface area contributed by atoms with Crippen molar-refractivity contribution in [3.63, 3.8) is 0 Å². The van der Waals surface area contributed by atoms with Crippen LogP contribution in [0.3, 0.4) is 0 Å². The van der Waals surface area contributed by atoms with Crippen molar-refractivity contribution in [1.82, 2.24) is 5.32 Å². The Morgan fingerprint density at radius 2 is 1.59 bits per heavy atom. The van der Waals surface area contributed by atoms with Crippen LogP contribution in [0.1, 0.15) is 18.1 Å². The van der Waals surface area contributed by atoms with Crippen LogP contribution in [0.25, 0.3) is 0 Å². The number of nitrogens with one attached hydrogen (secondary N) is 1. The lowest BCUT2D eigenvalue weighted by molar-refractivity contribution is -0.119. The zero-order valence-corrected chi connectivity index (χ0v) is 21.9. The lowest BCUT2D eigenvalue weighted by atomic mass is 10.1. The van der Waals surface area contributed by atoms with Gasteiger partial charge in [-0.25, -0.2) is 8.42 Å². The van der Waals surface area contributed by atoms with E-state index in [0.717, 1.165) is 21.9 Å². The fourth-order valence-electron chi connectivity index (χ4n) is 3.23. The van der Waals surface area contributed by atoms with E-state index in [2.05, 4.69) is 5.32 Å². The highest BCUT2D eigenvalue weighted by atomic mass is 35.5. The summed E-state index contributed by atoms with van der Waals surface area (Å²) in [6, 6.07) is 20.7. The van der Waals surface area contributed by atoms with Gasteiger partial charge < -0.3 is 5.32 Å². The van der Waals surface area contributed by atoms with Crippen LogP contribution < -0.4 is 9.62 Å². The van der Waals surface area contributed by atoms with E-state index in [1.54, 1.807) is 60.3 Å². The van der Waals surface area contributed by atoms with Crippen molar-refractivity contribution in [3.8, 4) is 0 Å². The normalized spacial score (nSPS) is 11.3. The Kier molecular flexibility index (Phi) is 9.71. The van der Waals surface area contributed by atoms with Gasteiger partial charge in [0.2, 0.25) is 5.91 Å². The molecule has 180 valence electrons. The van der Waals surface area contributed by atoms with E-state index in [9.17, 15) is 13.2 Å². The molecule has 0 atom stereocenters. The molecule has 0 radical (unpaired) electrons. The average molecular weight is 538 g/mol. The zero-order valence-electron chi connectivity index (χ0n) is 18.7. The third kappa shape index (κ3) is 6.92. The summed E-state index contributed by atoms with van der Waals surface area (Å²) in [4.78, 5) is 12.8. The van der Waals surface area contributed by atoms with E-state index in [1.807, 2.05) is 19.1 Å². The van der Waals surface area contributed by atoms with Crippen LogP contribution in [-0.4, -0.2) is 33.2 Å². The van der Waals surface area contributed by atoms with E-state index >= 15 is 0 Å². The predicted molar refractivity (Wildman–Crippen MR) is 142 cm³/mol. The second kappa shape index (κ2) is 12.5. The molecule has 1 amide bonds. The molecule has 0 spiro atoms. The number of benzene rings is 3. The van der Waals surface area contributed by atoms with E-state index in [4.69, 9.17) is 23.2 Å². The molecule has 0 aliphatic heterocycles. The van der Waals surface area contributed by atoms with Gasteiger partial charge in [-0.2, -0.15) is 11.8 Å². The highest BCUT2D eigenvalue weighted by Gasteiger charge is 2.27. The summed E-state index contributed by atoms with van der Waals surface area (Å²) in [6.07, 6.45) is 0.837. The number of hydrogen-bond donors (Lipinski definition) is 1. The van der Waals surface area contributed by atoms with E-state index in [0.29, 0.717) is 33.8 Å². The minimum Gasteiger partial charge on any atom is -0.354 e. The number of anilines is 1. The van der Waals surface area contributed by atoms with Gasteiger partial charge in [-0.1, -0.05) is 66.5 Å². The molecule has 0 aromatic heterocycles. The molecule has 3 aromatic carbocycles. The molecule has 5 nitrogen and oxygen atoms in total. The number of carbonyl (C=O) groups excluding carboxylic acids is 1. The lowest BCUT2D eigenvalue weighted by Gasteiger charge is -2.24. The maximum Gasteiger partial charge on any atom is 0.264 e. The van der Waals surface area contributed by atoms with Crippen molar-refractivity contribution in [1.29, 1.82) is 0 Å². The van der Waals surface area contributed by atoms with Crippen LogP contribution in [0.5, 0.6) is 0 Å². The molecule has 0 aliphatic rings. The van der Waals surface area contributed by atoms with Crippen LogP contribution in [-0.2, 0) is 27.0 Å². The first-order valence-corrected chi connectivity index (χ1v) is 14.1. The van der Waals surface area contributed by atoms with Gasteiger partial charge in [0.05, 0.1) is 10.6 Å². The van der Waals surface area contributed by atoms with Crippen molar-refractivity contribution in [2.45, 2.75) is 24.0 Å². The third-order valence-corrected chi connectivity index (χ3v) is 8.61. The van der Waals surface area contributed by atoms with Gasteiger partial charge in [0.15, 0.2) is 0 Å². The van der Waals surface area contributed by atoms with E-state index in [-0.39, 0.29) is 17.3 Å². The summed E-state index contributed by atoms with van der Waals surface area (Å²) in [5.41, 5.74) is 2.39. The quantitative estimate of drug-likeness (QED) is 0.314. The molecule has 9 heteroatoms. The van der Waals surface area contributed by atoms with E-state index < -0.39 is 10.0 Å². The molecule has 0 bridgehead atoms. The molecular formula is C25H26Cl2N2O3S2. The van der Waals surface area contributed by atoms with Gasteiger partial charge in [0, 0.05) is 28.1 Å². The predicted octanol–water partition coefficient (Wildman–Crippen LogP) is 5.80. The van der Waals surface area contributed by atoms with Crippen molar-refractivity contribution in [2.75, 3.05) is 23.1 Å². The molecule has 34 heavy (non-hydrogen) atoms. The Morgan fingerprint density at radius 1 is 0.941 bits per heavy atom. The van der Waals surface area contributed by atoms with Gasteiger partial charge in [-0.15, -0.1) is 0 Å². The second-order valence-electron chi connectivity index (χ2n) is 7.45. The van der Waals surface area contributed by atoms with Crippen molar-refractivity contribution >= 4 is 56.6 Å². The average Bonchev–Trinajstić information content (AvgIpc) is 2.84. The maximum absolute atomic E-state index is 13.3. The van der Waals surface area contributed by atoms with Gasteiger partial charge in [0.1, 0.15) is 6.54 Å². The van der Waals surface area contributed by atoms with Gasteiger partial charge in [-0.05, 0) is 53.9 Å². The minimum atomic E-state index is -3.91. The Labute approximate surface area is 215 Å². The fraction of sp³-hybridized carbons (Fsp3) is 0.240. The number of carbonyl (C=O) groups is 1. The van der Waals surface area contributed by atoms with Crippen LogP contribution in [0, 0.1) is 0 Å². The summed E-state index contributed by atoms with van der Waals surface area (Å²) < 4.78 is 27.8. The maximum atomic E-state index is 13.3. The number of aryl methyl sites for hydroxylation is 1. The van der Waals surface area contributed by atoms with Crippen LogP contribution in [0.2, 0.25) is 10.0 Å². The number of hydrogen-bond acceptors (Lipinski definition) is 4. The molecule has 0 unspecified atom stereocenters. The fourth-order valence-corrected chi connectivity index (χ4v) is 6.26. The van der Waals surface area contributed by atoms with Gasteiger partial charge in [-0.3, -0.25) is 9.10 Å². The number of halogens is 2. The number of amides is 1. The summed E-state index contributed by atoms with van der Waals surface area (Å²) in [7, 11) is -3.91. The highest BCUT2D eigenvalue weighted by molar-refractivity contribution is 7.98.